The van der Waals surface area contributed by atoms with Gasteiger partial charge in [0.05, 0.1) is 0 Å². The predicted octanol–water partition coefficient (Wildman–Crippen LogP) is 2.87. The number of carbonyl (C=O) groups is 1. The van der Waals surface area contributed by atoms with Crippen molar-refractivity contribution in [3.05, 3.63) is 71.5 Å². The highest BCUT2D eigenvalue weighted by molar-refractivity contribution is 5.85. The average Bonchev–Trinajstić information content (AvgIpc) is 2.97. The average molecular weight is 334 g/mol. The van der Waals surface area contributed by atoms with E-state index < -0.39 is 29.3 Å². The highest BCUT2D eigenvalue weighted by Crippen LogP contribution is 2.34. The Morgan fingerprint density at radius 3 is 2.29 bits per heavy atom. The van der Waals surface area contributed by atoms with Crippen LogP contribution in [0, 0.1) is 5.82 Å². The van der Waals surface area contributed by atoms with Crippen LogP contribution >= 0.6 is 0 Å². The molecule has 1 aliphatic heterocycles. The van der Waals surface area contributed by atoms with Gasteiger partial charge in [-0.25, -0.2) is 4.39 Å². The van der Waals surface area contributed by atoms with Gasteiger partial charge in [-0.15, -0.1) is 0 Å². The summed E-state index contributed by atoms with van der Waals surface area (Å²) in [5.41, 5.74) is 6.45. The van der Waals surface area contributed by atoms with Gasteiger partial charge in [0, 0.05) is 30.6 Å². The molecule has 0 aromatic heterocycles. The monoisotopic (exact) mass is 334 g/mol. The standard InChI is InChI=1S/C18H17F3N2O/c19-14-8-6-13(7-9-14)18(20,21)17(24)23-10-15(16(22)11-23)12-4-2-1-3-5-12/h1-9,15-16H,10-11,22H2/t15-,16+/m0/s1. The maximum Gasteiger partial charge on any atom is 0.349 e. The molecule has 0 spiro atoms. The summed E-state index contributed by atoms with van der Waals surface area (Å²) in [6.07, 6.45) is 0. The molecule has 1 aliphatic rings. The van der Waals surface area contributed by atoms with E-state index in [0.717, 1.165) is 34.7 Å². The number of alkyl halides is 2. The Hall–Kier alpha value is -2.34. The Kier molecular flexibility index (Phi) is 4.32. The van der Waals surface area contributed by atoms with Crippen LogP contribution < -0.4 is 5.73 Å². The van der Waals surface area contributed by atoms with Crippen LogP contribution in [0.25, 0.3) is 0 Å². The third-order valence-electron chi connectivity index (χ3n) is 4.36. The van der Waals surface area contributed by atoms with Crippen molar-refractivity contribution in [1.29, 1.82) is 0 Å². The second-order valence-electron chi connectivity index (χ2n) is 5.97. The van der Waals surface area contributed by atoms with Gasteiger partial charge in [0.2, 0.25) is 0 Å². The SMILES string of the molecule is N[C@@H]1CN(C(=O)C(F)(F)c2ccc(F)cc2)C[C@H]1c1ccccc1. The van der Waals surface area contributed by atoms with Crippen molar-refractivity contribution in [3.8, 4) is 0 Å². The van der Waals surface area contributed by atoms with Gasteiger partial charge >= 0.3 is 5.92 Å². The number of nitrogens with zero attached hydrogens (tertiary/aromatic N) is 1. The zero-order valence-electron chi connectivity index (χ0n) is 12.8. The maximum absolute atomic E-state index is 14.4. The summed E-state index contributed by atoms with van der Waals surface area (Å²) in [6.45, 7) is 0.204. The van der Waals surface area contributed by atoms with Crippen molar-refractivity contribution in [1.82, 2.24) is 4.90 Å². The summed E-state index contributed by atoms with van der Waals surface area (Å²) >= 11 is 0. The van der Waals surface area contributed by atoms with Crippen LogP contribution in [0.1, 0.15) is 17.0 Å². The van der Waals surface area contributed by atoms with Crippen molar-refractivity contribution in [2.75, 3.05) is 13.1 Å². The first-order chi connectivity index (χ1) is 11.4. The van der Waals surface area contributed by atoms with Gasteiger partial charge in [-0.1, -0.05) is 30.3 Å². The topological polar surface area (TPSA) is 46.3 Å². The molecule has 1 amide bonds. The van der Waals surface area contributed by atoms with Gasteiger partial charge in [-0.05, 0) is 29.8 Å². The lowest BCUT2D eigenvalue weighted by Crippen LogP contribution is -2.41. The Morgan fingerprint density at radius 1 is 1.04 bits per heavy atom. The minimum Gasteiger partial charge on any atom is -0.335 e. The van der Waals surface area contributed by atoms with Gasteiger partial charge in [0.25, 0.3) is 5.91 Å². The molecule has 1 saturated heterocycles. The molecule has 0 saturated carbocycles. The van der Waals surface area contributed by atoms with Crippen molar-refractivity contribution < 1.29 is 18.0 Å². The third kappa shape index (κ3) is 3.01. The molecule has 1 fully saturated rings. The van der Waals surface area contributed by atoms with E-state index in [0.29, 0.717) is 0 Å². The number of benzene rings is 2. The molecular formula is C18H17F3N2O. The molecule has 2 N–H and O–H groups in total. The van der Waals surface area contributed by atoms with E-state index in [1.165, 1.54) is 0 Å². The highest BCUT2D eigenvalue weighted by atomic mass is 19.3. The molecular weight excluding hydrogens is 317 g/mol. The number of hydrogen-bond donors (Lipinski definition) is 1. The molecule has 0 bridgehead atoms. The van der Waals surface area contributed by atoms with Gasteiger partial charge in [0.1, 0.15) is 5.82 Å². The second-order valence-corrected chi connectivity index (χ2v) is 5.97. The first kappa shape index (κ1) is 16.5. The third-order valence-corrected chi connectivity index (χ3v) is 4.36. The molecule has 0 unspecified atom stereocenters. The van der Waals surface area contributed by atoms with Crippen LogP contribution in [0.15, 0.2) is 54.6 Å². The van der Waals surface area contributed by atoms with Gasteiger partial charge < -0.3 is 10.6 Å². The molecule has 3 rings (SSSR count). The number of rotatable bonds is 3. The quantitative estimate of drug-likeness (QED) is 0.938. The fourth-order valence-corrected chi connectivity index (χ4v) is 3.03. The lowest BCUT2D eigenvalue weighted by atomic mass is 9.95. The lowest BCUT2D eigenvalue weighted by molar-refractivity contribution is -0.157. The van der Waals surface area contributed by atoms with Crippen molar-refractivity contribution in [2.45, 2.75) is 17.9 Å². The Morgan fingerprint density at radius 2 is 1.67 bits per heavy atom. The van der Waals surface area contributed by atoms with Crippen molar-refractivity contribution in [2.24, 2.45) is 5.73 Å². The Labute approximate surface area is 137 Å². The van der Waals surface area contributed by atoms with E-state index in [2.05, 4.69) is 0 Å². The fourth-order valence-electron chi connectivity index (χ4n) is 3.03. The summed E-state index contributed by atoms with van der Waals surface area (Å²) in [7, 11) is 0. The normalized spacial score (nSPS) is 21.1. The van der Waals surface area contributed by atoms with E-state index in [4.69, 9.17) is 5.73 Å². The van der Waals surface area contributed by atoms with Crippen LogP contribution in [0.4, 0.5) is 13.2 Å². The number of likely N-dealkylation sites (tertiary alicyclic amines) is 1. The number of carbonyl (C=O) groups excluding carboxylic acids is 1. The molecule has 2 aromatic carbocycles. The van der Waals surface area contributed by atoms with Crippen LogP contribution in [-0.2, 0) is 10.7 Å². The molecule has 6 heteroatoms. The highest BCUT2D eigenvalue weighted by Gasteiger charge is 2.47. The minimum absolute atomic E-state index is 0.0647. The molecule has 2 atom stereocenters. The first-order valence-electron chi connectivity index (χ1n) is 7.63. The first-order valence-corrected chi connectivity index (χ1v) is 7.63. The van der Waals surface area contributed by atoms with Crippen LogP contribution in [0.3, 0.4) is 0 Å². The summed E-state index contributed by atoms with van der Waals surface area (Å²) in [5, 5.41) is 0. The van der Waals surface area contributed by atoms with Crippen molar-refractivity contribution in [3.63, 3.8) is 0 Å². The molecule has 126 valence electrons. The molecule has 2 aromatic rings. The van der Waals surface area contributed by atoms with Gasteiger partial charge in [-0.2, -0.15) is 8.78 Å². The Balaban J connectivity index is 1.79. The molecule has 24 heavy (non-hydrogen) atoms. The van der Waals surface area contributed by atoms with E-state index in [-0.39, 0.29) is 19.0 Å². The van der Waals surface area contributed by atoms with Gasteiger partial charge in [0.15, 0.2) is 0 Å². The number of nitrogens with two attached hydrogens (primary N) is 1. The van der Waals surface area contributed by atoms with Crippen molar-refractivity contribution >= 4 is 5.91 Å². The smallest absolute Gasteiger partial charge is 0.335 e. The second kappa shape index (κ2) is 6.28. The van der Waals surface area contributed by atoms with Crippen LogP contribution in [0.5, 0.6) is 0 Å². The van der Waals surface area contributed by atoms with Crippen LogP contribution in [0.2, 0.25) is 0 Å². The molecule has 1 heterocycles. The summed E-state index contributed by atoms with van der Waals surface area (Å²) in [5.74, 6) is -5.82. The molecule has 3 nitrogen and oxygen atoms in total. The zero-order valence-corrected chi connectivity index (χ0v) is 12.8. The fraction of sp³-hybridized carbons (Fsp3) is 0.278. The largest absolute Gasteiger partial charge is 0.349 e. The van der Waals surface area contributed by atoms with E-state index >= 15 is 0 Å². The minimum atomic E-state index is -3.71. The van der Waals surface area contributed by atoms with Gasteiger partial charge in [-0.3, -0.25) is 4.79 Å². The number of amides is 1. The predicted molar refractivity (Wildman–Crippen MR) is 84.0 cm³/mol. The summed E-state index contributed by atoms with van der Waals surface area (Å²) in [6, 6.07) is 12.6. The zero-order chi connectivity index (χ0) is 17.3. The Bertz CT molecular complexity index is 719. The molecule has 0 radical (unpaired) electrons. The number of hydrogen-bond acceptors (Lipinski definition) is 2. The van der Waals surface area contributed by atoms with E-state index in [1.807, 2.05) is 30.3 Å². The van der Waals surface area contributed by atoms with Crippen LogP contribution in [-0.4, -0.2) is 29.9 Å². The molecule has 0 aliphatic carbocycles. The summed E-state index contributed by atoms with van der Waals surface area (Å²) in [4.78, 5) is 13.4. The number of halogens is 3. The van der Waals surface area contributed by atoms with E-state index in [1.54, 1.807) is 0 Å². The van der Waals surface area contributed by atoms with E-state index in [9.17, 15) is 18.0 Å². The summed E-state index contributed by atoms with van der Waals surface area (Å²) < 4.78 is 41.8. The maximum atomic E-state index is 14.4. The lowest BCUT2D eigenvalue weighted by Gasteiger charge is -2.23.